The minimum Gasteiger partial charge on any atom is -0.480 e. The average molecular weight is 888 g/mol. The number of rotatable bonds is 48. The summed E-state index contributed by atoms with van der Waals surface area (Å²) in [5, 5.41) is 8.91. The maximum atomic E-state index is 12.7. The van der Waals surface area contributed by atoms with Gasteiger partial charge < -0.3 is 25.2 Å². The molecule has 0 fully saturated rings. The molecule has 0 aliphatic rings. The van der Waals surface area contributed by atoms with Crippen molar-refractivity contribution in [3.05, 3.63) is 12.2 Å². The maximum Gasteiger partial charge on any atom is 0.472 e. The average Bonchev–Trinajstić information content (AvgIpc) is 3.24. The molecule has 3 atom stereocenters. The van der Waals surface area contributed by atoms with E-state index in [9.17, 15) is 23.8 Å². The molecular formula is C49H94NO10P. The zero-order valence-electron chi connectivity index (χ0n) is 39.3. The molecule has 0 aromatic heterocycles. The van der Waals surface area contributed by atoms with Gasteiger partial charge in [0.25, 0.3) is 0 Å². The summed E-state index contributed by atoms with van der Waals surface area (Å²) in [7, 11) is -4.72. The van der Waals surface area contributed by atoms with Gasteiger partial charge in [-0.05, 0) is 38.5 Å². The second-order valence-corrected chi connectivity index (χ2v) is 18.8. The lowest BCUT2D eigenvalue weighted by Gasteiger charge is -2.20. The number of carbonyl (C=O) groups excluding carboxylic acids is 2. The van der Waals surface area contributed by atoms with Crippen LogP contribution in [-0.4, -0.2) is 59.9 Å². The number of hydrogen-bond donors (Lipinski definition) is 3. The van der Waals surface area contributed by atoms with Crippen LogP contribution in [0.15, 0.2) is 12.2 Å². The first-order chi connectivity index (χ1) is 29.6. The second kappa shape index (κ2) is 44.8. The van der Waals surface area contributed by atoms with Crippen LogP contribution >= 0.6 is 7.82 Å². The van der Waals surface area contributed by atoms with Gasteiger partial charge in [-0.3, -0.25) is 23.4 Å². The van der Waals surface area contributed by atoms with Crippen molar-refractivity contribution in [3.63, 3.8) is 0 Å². The number of phosphoric acid groups is 1. The molecule has 12 heteroatoms. The summed E-state index contributed by atoms with van der Waals surface area (Å²) in [4.78, 5) is 46.1. The Morgan fingerprint density at radius 2 is 0.820 bits per heavy atom. The molecule has 0 aliphatic carbocycles. The molecule has 0 heterocycles. The summed E-state index contributed by atoms with van der Waals surface area (Å²) in [5.41, 5.74) is 5.35. The molecule has 0 aromatic carbocycles. The highest BCUT2D eigenvalue weighted by Gasteiger charge is 2.28. The molecule has 0 saturated heterocycles. The highest BCUT2D eigenvalue weighted by molar-refractivity contribution is 7.47. The lowest BCUT2D eigenvalue weighted by molar-refractivity contribution is -0.161. The molecule has 11 nitrogen and oxygen atoms in total. The van der Waals surface area contributed by atoms with E-state index in [1.165, 1.54) is 154 Å². The monoisotopic (exact) mass is 888 g/mol. The summed E-state index contributed by atoms with van der Waals surface area (Å²) in [5.74, 6) is -2.37. The number of carbonyl (C=O) groups is 3. The largest absolute Gasteiger partial charge is 0.480 e. The molecule has 0 rings (SSSR count). The van der Waals surface area contributed by atoms with Crippen molar-refractivity contribution in [2.45, 2.75) is 264 Å². The number of carboxylic acid groups (broad SMARTS) is 1. The molecule has 0 aliphatic heterocycles. The second-order valence-electron chi connectivity index (χ2n) is 17.3. The van der Waals surface area contributed by atoms with Gasteiger partial charge >= 0.3 is 25.7 Å². The third-order valence-corrected chi connectivity index (χ3v) is 12.2. The van der Waals surface area contributed by atoms with Crippen LogP contribution in [0.5, 0.6) is 0 Å². The van der Waals surface area contributed by atoms with Gasteiger partial charge in [0.2, 0.25) is 0 Å². The number of hydrogen-bond acceptors (Lipinski definition) is 9. The van der Waals surface area contributed by atoms with Crippen LogP contribution in [-0.2, 0) is 37.5 Å². The maximum absolute atomic E-state index is 12.7. The van der Waals surface area contributed by atoms with Crippen molar-refractivity contribution in [2.24, 2.45) is 5.73 Å². The Kier molecular flexibility index (Phi) is 43.5. The number of nitrogens with two attached hydrogens (primary N) is 1. The molecule has 0 amide bonds. The first-order valence-electron chi connectivity index (χ1n) is 25.2. The van der Waals surface area contributed by atoms with E-state index in [0.29, 0.717) is 12.8 Å². The van der Waals surface area contributed by atoms with Crippen molar-refractivity contribution in [1.29, 1.82) is 0 Å². The Bertz CT molecular complexity index is 1090. The van der Waals surface area contributed by atoms with Crippen LogP contribution < -0.4 is 5.73 Å². The fraction of sp³-hybridized carbons (Fsp3) is 0.898. The van der Waals surface area contributed by atoms with Crippen LogP contribution in [0.3, 0.4) is 0 Å². The number of aliphatic carboxylic acids is 1. The van der Waals surface area contributed by atoms with Crippen LogP contribution in [0.4, 0.5) is 0 Å². The Hall–Kier alpha value is -1.78. The number of ether oxygens (including phenoxy) is 2. The predicted octanol–water partition coefficient (Wildman–Crippen LogP) is 14.0. The lowest BCUT2D eigenvalue weighted by atomic mass is 10.0. The van der Waals surface area contributed by atoms with Gasteiger partial charge in [-0.2, -0.15) is 0 Å². The molecule has 0 spiro atoms. The smallest absolute Gasteiger partial charge is 0.472 e. The standard InChI is InChI=1S/C49H94NO10P/c1-3-5-7-9-11-13-15-17-19-20-21-22-23-24-25-27-28-30-32-34-36-38-40-47(51)57-42-45(43-58-61(55,56)59-44-46(50)49(53)54)60-48(52)41-39-37-35-33-31-29-26-18-16-14-12-10-8-6-4-2/h18,26,45-46H,3-17,19-25,27-44,50H2,1-2H3,(H,53,54)(H,55,56)/b26-18-. The molecule has 3 unspecified atom stereocenters. The van der Waals surface area contributed by atoms with Crippen molar-refractivity contribution < 1.29 is 47.5 Å². The number of allylic oxidation sites excluding steroid dienone is 2. The zero-order valence-corrected chi connectivity index (χ0v) is 40.2. The fourth-order valence-corrected chi connectivity index (χ4v) is 8.08. The van der Waals surface area contributed by atoms with E-state index >= 15 is 0 Å². The first kappa shape index (κ1) is 59.2. The first-order valence-corrected chi connectivity index (χ1v) is 26.7. The molecule has 0 saturated carbocycles. The Balaban J connectivity index is 4.19. The number of phosphoric ester groups is 1. The highest BCUT2D eigenvalue weighted by atomic mass is 31.2. The Morgan fingerprint density at radius 1 is 0.492 bits per heavy atom. The molecule has 360 valence electrons. The molecule has 0 aromatic rings. The van der Waals surface area contributed by atoms with Gasteiger partial charge in [-0.25, -0.2) is 4.57 Å². The van der Waals surface area contributed by atoms with Gasteiger partial charge in [0.1, 0.15) is 12.6 Å². The normalized spacial score (nSPS) is 13.6. The minimum absolute atomic E-state index is 0.156. The van der Waals surface area contributed by atoms with E-state index in [-0.39, 0.29) is 19.4 Å². The van der Waals surface area contributed by atoms with E-state index in [2.05, 4.69) is 30.5 Å². The van der Waals surface area contributed by atoms with Crippen molar-refractivity contribution in [2.75, 3.05) is 19.8 Å². The SMILES string of the molecule is CCCCCCCC/C=C\CCCCCCCC(=O)OC(COC(=O)CCCCCCCCCCCCCCCCCCCCCCCC)COP(=O)(O)OCC(N)C(=O)O. The van der Waals surface area contributed by atoms with Gasteiger partial charge in [-0.1, -0.05) is 212 Å². The molecule has 4 N–H and O–H groups in total. The number of carboxylic acids is 1. The molecule has 61 heavy (non-hydrogen) atoms. The van der Waals surface area contributed by atoms with Crippen LogP contribution in [0, 0.1) is 0 Å². The van der Waals surface area contributed by atoms with Crippen molar-refractivity contribution in [3.8, 4) is 0 Å². The van der Waals surface area contributed by atoms with E-state index in [0.717, 1.165) is 57.8 Å². The summed E-state index contributed by atoms with van der Waals surface area (Å²) in [6.45, 7) is 2.84. The third kappa shape index (κ3) is 44.6. The van der Waals surface area contributed by atoms with Crippen LogP contribution in [0.25, 0.3) is 0 Å². The summed E-state index contributed by atoms with van der Waals surface area (Å²) in [6.07, 6.45) is 47.1. The topological polar surface area (TPSA) is 172 Å². The van der Waals surface area contributed by atoms with Gasteiger partial charge in [0, 0.05) is 12.8 Å². The van der Waals surface area contributed by atoms with E-state index < -0.39 is 51.1 Å². The Morgan fingerprint density at radius 3 is 1.20 bits per heavy atom. The van der Waals surface area contributed by atoms with E-state index in [4.69, 9.17) is 24.8 Å². The van der Waals surface area contributed by atoms with Gasteiger partial charge in [0.15, 0.2) is 6.10 Å². The quantitative estimate of drug-likeness (QED) is 0.0230. The minimum atomic E-state index is -4.72. The molecule has 0 radical (unpaired) electrons. The fourth-order valence-electron chi connectivity index (χ4n) is 7.30. The summed E-state index contributed by atoms with van der Waals surface area (Å²) in [6, 6.07) is -1.52. The zero-order chi connectivity index (χ0) is 44.9. The van der Waals surface area contributed by atoms with Crippen molar-refractivity contribution >= 4 is 25.7 Å². The number of esters is 2. The molecular weight excluding hydrogens is 794 g/mol. The van der Waals surface area contributed by atoms with E-state index in [1.807, 2.05) is 0 Å². The van der Waals surface area contributed by atoms with Gasteiger partial charge in [-0.15, -0.1) is 0 Å². The lowest BCUT2D eigenvalue weighted by Crippen LogP contribution is -2.34. The number of unbranched alkanes of at least 4 members (excludes halogenated alkanes) is 32. The van der Waals surface area contributed by atoms with E-state index in [1.54, 1.807) is 0 Å². The summed E-state index contributed by atoms with van der Waals surface area (Å²) < 4.78 is 32.8. The highest BCUT2D eigenvalue weighted by Crippen LogP contribution is 2.43. The predicted molar refractivity (Wildman–Crippen MR) is 249 cm³/mol. The molecule has 0 bridgehead atoms. The Labute approximate surface area is 373 Å². The van der Waals surface area contributed by atoms with Gasteiger partial charge in [0.05, 0.1) is 13.2 Å². The third-order valence-electron chi connectivity index (χ3n) is 11.3. The van der Waals surface area contributed by atoms with Crippen LogP contribution in [0.2, 0.25) is 0 Å². The van der Waals surface area contributed by atoms with Crippen molar-refractivity contribution in [1.82, 2.24) is 0 Å². The van der Waals surface area contributed by atoms with Crippen LogP contribution in [0.1, 0.15) is 251 Å². The summed E-state index contributed by atoms with van der Waals surface area (Å²) >= 11 is 0.